The van der Waals surface area contributed by atoms with Crippen molar-refractivity contribution in [2.75, 3.05) is 0 Å². The van der Waals surface area contributed by atoms with E-state index in [1.165, 1.54) is 0 Å². The molecule has 1 radical (unpaired) electrons. The van der Waals surface area contributed by atoms with Crippen LogP contribution in [0.2, 0.25) is 0 Å². The second kappa shape index (κ2) is 2.30. The molecular formula is C8H17O. The summed E-state index contributed by atoms with van der Waals surface area (Å²) < 4.78 is 5.51. The van der Waals surface area contributed by atoms with E-state index in [1.807, 2.05) is 34.6 Å². The Hall–Kier alpha value is -0.0400. The number of hydrogen-bond acceptors (Lipinski definition) is 1. The zero-order valence-electron chi connectivity index (χ0n) is 7.12. The Morgan fingerprint density at radius 3 is 1.33 bits per heavy atom. The molecule has 0 aromatic heterocycles. The summed E-state index contributed by atoms with van der Waals surface area (Å²) in [6.45, 7) is 13.8. The largest absolute Gasteiger partial charge is 0.370 e. The minimum absolute atomic E-state index is 0.0781. The van der Waals surface area contributed by atoms with Crippen LogP contribution in [-0.4, -0.2) is 11.2 Å². The molecular weight excluding hydrogens is 112 g/mol. The lowest BCUT2D eigenvalue weighted by molar-refractivity contribution is -0.0871. The average molecular weight is 129 g/mol. The van der Waals surface area contributed by atoms with Crippen molar-refractivity contribution in [1.29, 1.82) is 0 Å². The van der Waals surface area contributed by atoms with Crippen molar-refractivity contribution in [3.63, 3.8) is 0 Å². The van der Waals surface area contributed by atoms with Crippen molar-refractivity contribution < 1.29 is 4.74 Å². The first-order valence-electron chi connectivity index (χ1n) is 3.26. The molecule has 0 fully saturated rings. The van der Waals surface area contributed by atoms with Gasteiger partial charge in [-0.15, -0.1) is 0 Å². The van der Waals surface area contributed by atoms with E-state index in [0.717, 1.165) is 0 Å². The fourth-order valence-electron chi connectivity index (χ4n) is 0.829. The van der Waals surface area contributed by atoms with Crippen LogP contribution in [0.15, 0.2) is 0 Å². The van der Waals surface area contributed by atoms with E-state index in [-0.39, 0.29) is 11.2 Å². The van der Waals surface area contributed by atoms with Gasteiger partial charge in [0.25, 0.3) is 0 Å². The molecule has 0 amide bonds. The predicted molar refractivity (Wildman–Crippen MR) is 40.3 cm³/mol. The van der Waals surface area contributed by atoms with Gasteiger partial charge in [0.1, 0.15) is 0 Å². The van der Waals surface area contributed by atoms with E-state index < -0.39 is 0 Å². The summed E-state index contributed by atoms with van der Waals surface area (Å²) in [5.74, 6) is 0. The molecule has 0 saturated heterocycles. The predicted octanol–water partition coefficient (Wildman–Crippen LogP) is 2.41. The van der Waals surface area contributed by atoms with Gasteiger partial charge in [0.15, 0.2) is 0 Å². The lowest BCUT2D eigenvalue weighted by Gasteiger charge is -2.30. The van der Waals surface area contributed by atoms with E-state index in [9.17, 15) is 0 Å². The first-order valence-corrected chi connectivity index (χ1v) is 3.26. The van der Waals surface area contributed by atoms with Gasteiger partial charge in [0.2, 0.25) is 0 Å². The second-order valence-electron chi connectivity index (χ2n) is 3.97. The lowest BCUT2D eigenvalue weighted by atomic mass is 10.1. The molecule has 9 heavy (non-hydrogen) atoms. The molecule has 1 nitrogen and oxygen atoms in total. The summed E-state index contributed by atoms with van der Waals surface area (Å²) >= 11 is 0. The monoisotopic (exact) mass is 129 g/mol. The molecule has 0 aromatic rings. The molecule has 0 atom stereocenters. The smallest absolute Gasteiger partial charge is 0.0634 e. The highest BCUT2D eigenvalue weighted by Gasteiger charge is 2.20. The molecule has 0 saturated carbocycles. The van der Waals surface area contributed by atoms with E-state index in [1.54, 1.807) is 0 Å². The summed E-state index contributed by atoms with van der Waals surface area (Å²) in [4.78, 5) is 0. The van der Waals surface area contributed by atoms with Gasteiger partial charge in [-0.05, 0) is 41.5 Å². The van der Waals surface area contributed by atoms with E-state index in [4.69, 9.17) is 4.74 Å². The van der Waals surface area contributed by atoms with Crippen molar-refractivity contribution >= 4 is 0 Å². The normalized spacial score (nSPS) is 14.0. The van der Waals surface area contributed by atoms with Gasteiger partial charge in [-0.1, -0.05) is 0 Å². The minimum atomic E-state index is -0.266. The molecule has 0 heterocycles. The van der Waals surface area contributed by atoms with Crippen LogP contribution in [0, 0.1) is 6.92 Å². The molecule has 0 N–H and O–H groups in total. The van der Waals surface area contributed by atoms with Gasteiger partial charge in [-0.3, -0.25) is 0 Å². The summed E-state index contributed by atoms with van der Waals surface area (Å²) in [5, 5.41) is 0. The molecule has 1 heteroatoms. The third-order valence-corrected chi connectivity index (χ3v) is 0.582. The molecule has 0 spiro atoms. The summed E-state index contributed by atoms with van der Waals surface area (Å²) in [6, 6.07) is 0. The first-order chi connectivity index (χ1) is 3.71. The van der Waals surface area contributed by atoms with Crippen LogP contribution in [0.1, 0.15) is 34.6 Å². The van der Waals surface area contributed by atoms with Crippen LogP contribution >= 0.6 is 0 Å². The molecule has 55 valence electrons. The van der Waals surface area contributed by atoms with Crippen LogP contribution in [0.25, 0.3) is 0 Å². The van der Waals surface area contributed by atoms with Gasteiger partial charge < -0.3 is 4.74 Å². The Morgan fingerprint density at radius 1 is 1.00 bits per heavy atom. The Bertz CT molecular complexity index is 69.7. The second-order valence-corrected chi connectivity index (χ2v) is 3.97. The Kier molecular flexibility index (Phi) is 2.29. The van der Waals surface area contributed by atoms with Crippen molar-refractivity contribution in [1.82, 2.24) is 0 Å². The van der Waals surface area contributed by atoms with Crippen LogP contribution in [0.3, 0.4) is 0 Å². The minimum Gasteiger partial charge on any atom is -0.370 e. The number of ether oxygens (including phenoxy) is 1. The first kappa shape index (κ1) is 8.96. The summed E-state index contributed by atoms with van der Waals surface area (Å²) in [7, 11) is 0. The van der Waals surface area contributed by atoms with E-state index in [0.29, 0.717) is 0 Å². The zero-order chi connectivity index (χ0) is 7.71. The molecule has 0 aliphatic heterocycles. The standard InChI is InChI=1S/C8H17O/c1-7(2,3)9-8(4,5)6/h1H2,2-6H3. The molecule has 0 aromatic carbocycles. The Morgan fingerprint density at radius 2 is 1.33 bits per heavy atom. The fourth-order valence-corrected chi connectivity index (χ4v) is 0.829. The molecule has 0 bridgehead atoms. The fraction of sp³-hybridized carbons (Fsp3) is 0.875. The summed E-state index contributed by atoms with van der Waals surface area (Å²) in [6.07, 6.45) is 0. The van der Waals surface area contributed by atoms with Crippen LogP contribution in [0.4, 0.5) is 0 Å². The topological polar surface area (TPSA) is 9.23 Å². The SMILES string of the molecule is [CH2]C(C)(C)OC(C)(C)C. The van der Waals surface area contributed by atoms with Gasteiger partial charge >= 0.3 is 0 Å². The quantitative estimate of drug-likeness (QED) is 0.528. The van der Waals surface area contributed by atoms with Gasteiger partial charge in [0, 0.05) is 0 Å². The van der Waals surface area contributed by atoms with Crippen LogP contribution < -0.4 is 0 Å². The van der Waals surface area contributed by atoms with Crippen molar-refractivity contribution in [3.8, 4) is 0 Å². The third kappa shape index (κ3) is 7.96. The number of rotatable bonds is 1. The lowest BCUT2D eigenvalue weighted by Crippen LogP contribution is -2.32. The van der Waals surface area contributed by atoms with Gasteiger partial charge in [-0.25, -0.2) is 0 Å². The maximum absolute atomic E-state index is 5.51. The highest BCUT2D eigenvalue weighted by atomic mass is 16.5. The van der Waals surface area contributed by atoms with Gasteiger partial charge in [0.05, 0.1) is 11.2 Å². The average Bonchev–Trinajstić information content (AvgIpc) is 1.14. The summed E-state index contributed by atoms with van der Waals surface area (Å²) in [5.41, 5.74) is -0.344. The van der Waals surface area contributed by atoms with Crippen LogP contribution in [0.5, 0.6) is 0 Å². The maximum Gasteiger partial charge on any atom is 0.0634 e. The Labute approximate surface area is 58.4 Å². The third-order valence-electron chi connectivity index (χ3n) is 0.582. The molecule has 0 aliphatic carbocycles. The van der Waals surface area contributed by atoms with Crippen molar-refractivity contribution in [3.05, 3.63) is 6.92 Å². The Balaban J connectivity index is 3.75. The van der Waals surface area contributed by atoms with E-state index in [2.05, 4.69) is 6.92 Å². The molecule has 0 aliphatic rings. The van der Waals surface area contributed by atoms with Crippen LogP contribution in [-0.2, 0) is 4.74 Å². The van der Waals surface area contributed by atoms with Crippen molar-refractivity contribution in [2.45, 2.75) is 45.8 Å². The molecule has 0 unspecified atom stereocenters. The zero-order valence-corrected chi connectivity index (χ0v) is 7.12. The van der Waals surface area contributed by atoms with Gasteiger partial charge in [-0.2, -0.15) is 0 Å². The highest BCUT2D eigenvalue weighted by Crippen LogP contribution is 2.17. The highest BCUT2D eigenvalue weighted by molar-refractivity contribution is 4.75. The maximum atomic E-state index is 5.51. The molecule has 0 rings (SSSR count). The number of hydrogen-bond donors (Lipinski definition) is 0. The van der Waals surface area contributed by atoms with E-state index >= 15 is 0 Å². The van der Waals surface area contributed by atoms with Crippen molar-refractivity contribution in [2.24, 2.45) is 0 Å².